The van der Waals surface area contributed by atoms with Crippen molar-refractivity contribution in [3.63, 3.8) is 0 Å². The van der Waals surface area contributed by atoms with E-state index in [1.165, 1.54) is 0 Å². The van der Waals surface area contributed by atoms with Gasteiger partial charge in [-0.1, -0.05) is 36.4 Å². The highest BCUT2D eigenvalue weighted by Crippen LogP contribution is 2.30. The molecule has 2 aromatic carbocycles. The molecular formula is C20H25N3O2S. The maximum absolute atomic E-state index is 5.99. The summed E-state index contributed by atoms with van der Waals surface area (Å²) in [5, 5.41) is 7.80. The number of hydrogen-bond donors (Lipinski definition) is 2. The van der Waals surface area contributed by atoms with Crippen LogP contribution in [0.3, 0.4) is 0 Å². The molecule has 26 heavy (non-hydrogen) atoms. The summed E-state index contributed by atoms with van der Waals surface area (Å²) < 4.78 is 11.4. The minimum atomic E-state index is -0.125. The molecule has 0 bridgehead atoms. The van der Waals surface area contributed by atoms with Gasteiger partial charge in [0.05, 0.1) is 13.3 Å². The highest BCUT2D eigenvalue weighted by molar-refractivity contribution is 7.80. The summed E-state index contributed by atoms with van der Waals surface area (Å²) in [6.45, 7) is 6.53. The minimum Gasteiger partial charge on any atom is -0.493 e. The molecule has 0 aliphatic heterocycles. The molecule has 0 spiro atoms. The minimum absolute atomic E-state index is 0.125. The quantitative estimate of drug-likeness (QED) is 0.459. The van der Waals surface area contributed by atoms with Gasteiger partial charge in [0.25, 0.3) is 0 Å². The van der Waals surface area contributed by atoms with Crippen molar-refractivity contribution in [1.82, 2.24) is 10.7 Å². The first kappa shape index (κ1) is 19.7. The van der Waals surface area contributed by atoms with Gasteiger partial charge in [-0.2, -0.15) is 5.10 Å². The number of rotatable bonds is 6. The monoisotopic (exact) mass is 371 g/mol. The third-order valence-electron chi connectivity index (χ3n) is 3.31. The number of para-hydroxylation sites is 1. The lowest BCUT2D eigenvalue weighted by Crippen LogP contribution is -2.44. The molecular weight excluding hydrogens is 346 g/mol. The van der Waals surface area contributed by atoms with Crippen LogP contribution in [-0.4, -0.2) is 24.0 Å². The Balaban J connectivity index is 2.10. The topological polar surface area (TPSA) is 54.9 Å². The van der Waals surface area contributed by atoms with E-state index in [0.29, 0.717) is 23.2 Å². The number of thiocarbonyl (C=S) groups is 1. The largest absolute Gasteiger partial charge is 0.493 e. The SMILES string of the molecule is COc1cccc(/C=N/NC(=S)NC(C)(C)C)c1OCc1ccccc1. The number of hydrogen-bond acceptors (Lipinski definition) is 4. The van der Waals surface area contributed by atoms with Gasteiger partial charge in [-0.25, -0.2) is 0 Å². The highest BCUT2D eigenvalue weighted by atomic mass is 32.1. The summed E-state index contributed by atoms with van der Waals surface area (Å²) in [5.74, 6) is 1.29. The summed E-state index contributed by atoms with van der Waals surface area (Å²) in [4.78, 5) is 0. The van der Waals surface area contributed by atoms with Crippen molar-refractivity contribution in [2.24, 2.45) is 5.10 Å². The van der Waals surface area contributed by atoms with E-state index in [0.717, 1.165) is 11.1 Å². The summed E-state index contributed by atoms with van der Waals surface area (Å²) in [5.41, 5.74) is 4.57. The van der Waals surface area contributed by atoms with Crippen molar-refractivity contribution >= 4 is 23.5 Å². The van der Waals surface area contributed by atoms with Crippen molar-refractivity contribution in [2.45, 2.75) is 32.9 Å². The van der Waals surface area contributed by atoms with E-state index in [1.54, 1.807) is 13.3 Å². The average molecular weight is 372 g/mol. The van der Waals surface area contributed by atoms with E-state index in [-0.39, 0.29) is 5.54 Å². The number of nitrogens with one attached hydrogen (secondary N) is 2. The summed E-state index contributed by atoms with van der Waals surface area (Å²) in [6.07, 6.45) is 1.67. The molecule has 138 valence electrons. The fourth-order valence-electron chi connectivity index (χ4n) is 2.21. The smallest absolute Gasteiger partial charge is 0.187 e. The van der Waals surface area contributed by atoms with Gasteiger partial charge in [0, 0.05) is 11.1 Å². The van der Waals surface area contributed by atoms with E-state index in [9.17, 15) is 0 Å². The number of ether oxygens (including phenoxy) is 2. The van der Waals surface area contributed by atoms with Crippen LogP contribution in [0.2, 0.25) is 0 Å². The highest BCUT2D eigenvalue weighted by Gasteiger charge is 2.11. The Morgan fingerprint density at radius 2 is 1.85 bits per heavy atom. The van der Waals surface area contributed by atoms with Crippen LogP contribution < -0.4 is 20.2 Å². The Labute approximate surface area is 160 Å². The Morgan fingerprint density at radius 3 is 2.50 bits per heavy atom. The van der Waals surface area contributed by atoms with Crippen LogP contribution >= 0.6 is 12.2 Å². The molecule has 0 amide bonds. The van der Waals surface area contributed by atoms with Crippen molar-refractivity contribution in [2.75, 3.05) is 7.11 Å². The fourth-order valence-corrected chi connectivity index (χ4v) is 2.57. The lowest BCUT2D eigenvalue weighted by Gasteiger charge is -2.21. The molecule has 0 saturated heterocycles. The fraction of sp³-hybridized carbons (Fsp3) is 0.300. The molecule has 0 aromatic heterocycles. The lowest BCUT2D eigenvalue weighted by molar-refractivity contribution is 0.284. The van der Waals surface area contributed by atoms with Crippen molar-refractivity contribution < 1.29 is 9.47 Å². The zero-order chi connectivity index (χ0) is 19.0. The molecule has 2 rings (SSSR count). The normalized spacial score (nSPS) is 11.2. The molecule has 0 atom stereocenters. The van der Waals surface area contributed by atoms with Crippen LogP contribution in [0.5, 0.6) is 11.5 Å². The maximum atomic E-state index is 5.99. The van der Waals surface area contributed by atoms with Gasteiger partial charge in [0.2, 0.25) is 0 Å². The Kier molecular flexibility index (Phi) is 6.97. The molecule has 0 unspecified atom stereocenters. The van der Waals surface area contributed by atoms with Crippen LogP contribution in [0.4, 0.5) is 0 Å². The Hall–Kier alpha value is -2.60. The summed E-state index contributed by atoms with van der Waals surface area (Å²) >= 11 is 5.22. The van der Waals surface area contributed by atoms with Crippen molar-refractivity contribution in [1.29, 1.82) is 0 Å². The lowest BCUT2D eigenvalue weighted by atomic mass is 10.1. The maximum Gasteiger partial charge on any atom is 0.187 e. The molecule has 0 radical (unpaired) electrons. The Morgan fingerprint density at radius 1 is 1.12 bits per heavy atom. The molecule has 0 fully saturated rings. The molecule has 0 heterocycles. The molecule has 2 aromatic rings. The predicted molar refractivity (Wildman–Crippen MR) is 110 cm³/mol. The third-order valence-corrected chi connectivity index (χ3v) is 3.51. The van der Waals surface area contributed by atoms with Crippen LogP contribution in [0.25, 0.3) is 0 Å². The van der Waals surface area contributed by atoms with Crippen LogP contribution in [0.15, 0.2) is 53.6 Å². The second-order valence-electron chi connectivity index (χ2n) is 6.73. The molecule has 0 aliphatic rings. The molecule has 6 heteroatoms. The first-order valence-electron chi connectivity index (χ1n) is 8.34. The first-order chi connectivity index (χ1) is 12.4. The van der Waals surface area contributed by atoms with Gasteiger partial charge < -0.3 is 14.8 Å². The second kappa shape index (κ2) is 9.20. The van der Waals surface area contributed by atoms with Gasteiger partial charge in [0.15, 0.2) is 16.6 Å². The molecule has 0 saturated carbocycles. The number of methoxy groups -OCH3 is 1. The van der Waals surface area contributed by atoms with Gasteiger partial charge in [-0.15, -0.1) is 0 Å². The van der Waals surface area contributed by atoms with Crippen molar-refractivity contribution in [3.8, 4) is 11.5 Å². The van der Waals surface area contributed by atoms with Gasteiger partial charge in [0.1, 0.15) is 6.61 Å². The van der Waals surface area contributed by atoms with Gasteiger partial charge in [-0.3, -0.25) is 5.43 Å². The van der Waals surface area contributed by atoms with E-state index < -0.39 is 0 Å². The predicted octanol–water partition coefficient (Wildman–Crippen LogP) is 3.87. The standard InChI is InChI=1S/C20H25N3O2S/c1-20(2,3)22-19(26)23-21-13-16-11-8-12-17(24-4)18(16)25-14-15-9-6-5-7-10-15/h5-13H,14H2,1-4H3,(H2,22,23,26)/b21-13+. The molecule has 2 N–H and O–H groups in total. The van der Waals surface area contributed by atoms with E-state index in [4.69, 9.17) is 21.7 Å². The van der Waals surface area contributed by atoms with Crippen molar-refractivity contribution in [3.05, 3.63) is 59.7 Å². The molecule has 0 aliphatic carbocycles. The van der Waals surface area contributed by atoms with Crippen LogP contribution in [0.1, 0.15) is 31.9 Å². The zero-order valence-electron chi connectivity index (χ0n) is 15.6. The van der Waals surface area contributed by atoms with Crippen LogP contribution in [-0.2, 0) is 6.61 Å². The second-order valence-corrected chi connectivity index (χ2v) is 7.14. The number of nitrogens with zero attached hydrogens (tertiary/aromatic N) is 1. The van der Waals surface area contributed by atoms with E-state index >= 15 is 0 Å². The van der Waals surface area contributed by atoms with E-state index in [2.05, 4.69) is 15.8 Å². The number of benzene rings is 2. The van der Waals surface area contributed by atoms with Crippen LogP contribution in [0, 0.1) is 0 Å². The third kappa shape index (κ3) is 6.37. The first-order valence-corrected chi connectivity index (χ1v) is 8.75. The van der Waals surface area contributed by atoms with Gasteiger partial charge in [-0.05, 0) is 50.7 Å². The summed E-state index contributed by atoms with van der Waals surface area (Å²) in [6, 6.07) is 15.6. The summed E-state index contributed by atoms with van der Waals surface area (Å²) in [7, 11) is 1.62. The van der Waals surface area contributed by atoms with E-state index in [1.807, 2.05) is 69.3 Å². The zero-order valence-corrected chi connectivity index (χ0v) is 16.4. The molecule has 5 nitrogen and oxygen atoms in total. The van der Waals surface area contributed by atoms with Gasteiger partial charge >= 0.3 is 0 Å². The number of hydrazone groups is 1. The Bertz CT molecular complexity index is 755. The average Bonchev–Trinajstić information content (AvgIpc) is 2.59.